The van der Waals surface area contributed by atoms with E-state index in [1.807, 2.05) is 6.07 Å². The number of benzene rings is 2. The van der Waals surface area contributed by atoms with E-state index in [4.69, 9.17) is 16.9 Å². The Hall–Kier alpha value is -2.19. The number of rotatable bonds is 2. The summed E-state index contributed by atoms with van der Waals surface area (Å²) in [7, 11) is 0. The standard InChI is InChI=1S/C15H10ClF3N2/c1-9-6-12(4-2-10(9)8-20)21-14-5-3-11(7-13(14)16)15(17,18)19/h2-7,21H,1H3. The first kappa shape index (κ1) is 15.2. The van der Waals surface area contributed by atoms with E-state index in [1.54, 1.807) is 25.1 Å². The van der Waals surface area contributed by atoms with Crippen LogP contribution < -0.4 is 5.32 Å². The van der Waals surface area contributed by atoms with Crippen LogP contribution in [-0.4, -0.2) is 0 Å². The second-order valence-electron chi connectivity index (χ2n) is 4.46. The molecule has 6 heteroatoms. The first-order valence-corrected chi connectivity index (χ1v) is 6.33. The van der Waals surface area contributed by atoms with Crippen LogP contribution in [0.1, 0.15) is 16.7 Å². The minimum Gasteiger partial charge on any atom is -0.354 e. The summed E-state index contributed by atoms with van der Waals surface area (Å²) in [6, 6.07) is 10.2. The summed E-state index contributed by atoms with van der Waals surface area (Å²) in [6.07, 6.45) is -4.42. The van der Waals surface area contributed by atoms with Gasteiger partial charge in [0.05, 0.1) is 27.9 Å². The Balaban J connectivity index is 2.28. The molecule has 0 radical (unpaired) electrons. The number of hydrogen-bond donors (Lipinski definition) is 1. The lowest BCUT2D eigenvalue weighted by atomic mass is 10.1. The van der Waals surface area contributed by atoms with Crippen LogP contribution in [0.15, 0.2) is 36.4 Å². The highest BCUT2D eigenvalue weighted by Gasteiger charge is 2.30. The van der Waals surface area contributed by atoms with E-state index in [9.17, 15) is 13.2 Å². The van der Waals surface area contributed by atoms with Crippen LogP contribution in [-0.2, 0) is 6.18 Å². The molecule has 0 unspecified atom stereocenters. The maximum Gasteiger partial charge on any atom is 0.416 e. The number of halogens is 4. The van der Waals surface area contributed by atoms with Crippen molar-refractivity contribution in [2.75, 3.05) is 5.32 Å². The fourth-order valence-corrected chi connectivity index (χ4v) is 2.04. The van der Waals surface area contributed by atoms with Crippen LogP contribution in [0.4, 0.5) is 24.5 Å². The van der Waals surface area contributed by atoms with E-state index in [-0.39, 0.29) is 5.02 Å². The maximum absolute atomic E-state index is 12.6. The minimum absolute atomic E-state index is 0.0214. The molecule has 2 rings (SSSR count). The quantitative estimate of drug-likeness (QED) is 0.819. The van der Waals surface area contributed by atoms with Crippen LogP contribution in [0.5, 0.6) is 0 Å². The monoisotopic (exact) mass is 310 g/mol. The normalized spacial score (nSPS) is 11.0. The molecule has 0 amide bonds. The Bertz CT molecular complexity index is 718. The zero-order chi connectivity index (χ0) is 15.6. The molecule has 0 aromatic heterocycles. The van der Waals surface area contributed by atoms with Gasteiger partial charge in [-0.25, -0.2) is 0 Å². The molecular weight excluding hydrogens is 301 g/mol. The van der Waals surface area contributed by atoms with Crippen molar-refractivity contribution < 1.29 is 13.2 Å². The van der Waals surface area contributed by atoms with Gasteiger partial charge in [-0.1, -0.05) is 11.6 Å². The largest absolute Gasteiger partial charge is 0.416 e. The number of hydrogen-bond acceptors (Lipinski definition) is 2. The molecule has 0 aliphatic heterocycles. The fourth-order valence-electron chi connectivity index (χ4n) is 1.82. The summed E-state index contributed by atoms with van der Waals surface area (Å²) < 4.78 is 37.7. The maximum atomic E-state index is 12.6. The van der Waals surface area contributed by atoms with Gasteiger partial charge < -0.3 is 5.32 Å². The zero-order valence-corrected chi connectivity index (χ0v) is 11.7. The van der Waals surface area contributed by atoms with Gasteiger partial charge in [-0.3, -0.25) is 0 Å². The second-order valence-corrected chi connectivity index (χ2v) is 4.87. The van der Waals surface area contributed by atoms with E-state index >= 15 is 0 Å². The molecule has 0 heterocycles. The van der Waals surface area contributed by atoms with Crippen molar-refractivity contribution in [3.63, 3.8) is 0 Å². The molecule has 0 bridgehead atoms. The predicted octanol–water partition coefficient (Wildman–Crippen LogP) is 5.28. The summed E-state index contributed by atoms with van der Waals surface area (Å²) in [6.45, 7) is 1.78. The summed E-state index contributed by atoms with van der Waals surface area (Å²) in [5, 5.41) is 11.8. The van der Waals surface area contributed by atoms with Gasteiger partial charge in [-0.05, 0) is 48.9 Å². The predicted molar refractivity (Wildman–Crippen MR) is 75.6 cm³/mol. The number of nitriles is 1. The molecular formula is C15H10ClF3N2. The van der Waals surface area contributed by atoms with Gasteiger partial charge in [0, 0.05) is 5.69 Å². The van der Waals surface area contributed by atoms with Crippen molar-refractivity contribution in [3.8, 4) is 6.07 Å². The molecule has 0 atom stereocenters. The molecule has 0 spiro atoms. The van der Waals surface area contributed by atoms with Crippen LogP contribution >= 0.6 is 11.6 Å². The van der Waals surface area contributed by atoms with Crippen molar-refractivity contribution in [2.24, 2.45) is 0 Å². The Labute approximate surface area is 124 Å². The molecule has 21 heavy (non-hydrogen) atoms. The Morgan fingerprint density at radius 3 is 2.38 bits per heavy atom. The van der Waals surface area contributed by atoms with Crippen LogP contribution in [0, 0.1) is 18.3 Å². The highest BCUT2D eigenvalue weighted by Crippen LogP contribution is 2.34. The summed E-state index contributed by atoms with van der Waals surface area (Å²) in [5.41, 5.74) is 1.53. The first-order chi connectivity index (χ1) is 9.81. The third kappa shape index (κ3) is 3.47. The van der Waals surface area contributed by atoms with E-state index in [0.29, 0.717) is 16.9 Å². The molecule has 0 aliphatic carbocycles. The molecule has 2 aromatic carbocycles. The van der Waals surface area contributed by atoms with Gasteiger partial charge in [0.25, 0.3) is 0 Å². The Morgan fingerprint density at radius 2 is 1.86 bits per heavy atom. The third-order valence-electron chi connectivity index (χ3n) is 2.92. The zero-order valence-electron chi connectivity index (χ0n) is 10.9. The Kier molecular flexibility index (Phi) is 4.10. The van der Waals surface area contributed by atoms with E-state index in [2.05, 4.69) is 5.32 Å². The van der Waals surface area contributed by atoms with Gasteiger partial charge in [0.1, 0.15) is 0 Å². The number of aryl methyl sites for hydroxylation is 1. The van der Waals surface area contributed by atoms with Crippen LogP contribution in [0.2, 0.25) is 5.02 Å². The molecule has 1 N–H and O–H groups in total. The molecule has 108 valence electrons. The molecule has 0 saturated carbocycles. The number of alkyl halides is 3. The highest BCUT2D eigenvalue weighted by atomic mass is 35.5. The van der Waals surface area contributed by atoms with E-state index in [1.165, 1.54) is 6.07 Å². The van der Waals surface area contributed by atoms with E-state index in [0.717, 1.165) is 17.7 Å². The third-order valence-corrected chi connectivity index (χ3v) is 3.23. The van der Waals surface area contributed by atoms with Gasteiger partial charge in [-0.2, -0.15) is 18.4 Å². The number of nitrogens with zero attached hydrogens (tertiary/aromatic N) is 1. The molecule has 2 nitrogen and oxygen atoms in total. The summed E-state index contributed by atoms with van der Waals surface area (Å²) in [4.78, 5) is 0. The first-order valence-electron chi connectivity index (χ1n) is 5.96. The topological polar surface area (TPSA) is 35.8 Å². The van der Waals surface area contributed by atoms with Crippen LogP contribution in [0.3, 0.4) is 0 Å². The number of anilines is 2. The second kappa shape index (κ2) is 5.66. The number of nitrogens with one attached hydrogen (secondary N) is 1. The van der Waals surface area contributed by atoms with Crippen LogP contribution in [0.25, 0.3) is 0 Å². The lowest BCUT2D eigenvalue weighted by Gasteiger charge is -2.12. The van der Waals surface area contributed by atoms with Crippen molar-refractivity contribution in [3.05, 3.63) is 58.1 Å². The molecule has 0 aliphatic rings. The average molecular weight is 311 g/mol. The fraction of sp³-hybridized carbons (Fsp3) is 0.133. The smallest absolute Gasteiger partial charge is 0.354 e. The minimum atomic E-state index is -4.42. The van der Waals surface area contributed by atoms with Crippen molar-refractivity contribution in [2.45, 2.75) is 13.1 Å². The van der Waals surface area contributed by atoms with Gasteiger partial charge >= 0.3 is 6.18 Å². The molecule has 2 aromatic rings. The van der Waals surface area contributed by atoms with Crippen molar-refractivity contribution in [1.82, 2.24) is 0 Å². The molecule has 0 saturated heterocycles. The average Bonchev–Trinajstić information content (AvgIpc) is 2.40. The SMILES string of the molecule is Cc1cc(Nc2ccc(C(F)(F)F)cc2Cl)ccc1C#N. The van der Waals surface area contributed by atoms with Gasteiger partial charge in [0.15, 0.2) is 0 Å². The van der Waals surface area contributed by atoms with Gasteiger partial charge in [-0.15, -0.1) is 0 Å². The lowest BCUT2D eigenvalue weighted by molar-refractivity contribution is -0.137. The summed E-state index contributed by atoms with van der Waals surface area (Å²) in [5.74, 6) is 0. The Morgan fingerprint density at radius 1 is 1.14 bits per heavy atom. The van der Waals surface area contributed by atoms with Crippen molar-refractivity contribution in [1.29, 1.82) is 5.26 Å². The highest BCUT2D eigenvalue weighted by molar-refractivity contribution is 6.33. The van der Waals surface area contributed by atoms with Crippen molar-refractivity contribution >= 4 is 23.0 Å². The summed E-state index contributed by atoms with van der Waals surface area (Å²) >= 11 is 5.87. The molecule has 0 fully saturated rings. The van der Waals surface area contributed by atoms with Gasteiger partial charge in [0.2, 0.25) is 0 Å². The van der Waals surface area contributed by atoms with E-state index < -0.39 is 11.7 Å². The lowest BCUT2D eigenvalue weighted by Crippen LogP contribution is -2.05.